The van der Waals surface area contributed by atoms with Crippen LogP contribution in [0.1, 0.15) is 16.2 Å². The molecule has 2 aromatic heterocycles. The lowest BCUT2D eigenvalue weighted by atomic mass is 10.0. The number of hydrogen-bond acceptors (Lipinski definition) is 6. The van der Waals surface area contributed by atoms with Crippen LogP contribution in [0.2, 0.25) is 0 Å². The van der Waals surface area contributed by atoms with Crippen LogP contribution in [-0.2, 0) is 11.2 Å². The number of aromatic nitrogens is 3. The van der Waals surface area contributed by atoms with Crippen LogP contribution in [0.15, 0.2) is 29.5 Å². The number of carbonyl (C=O) groups is 1. The largest absolute Gasteiger partial charge is 0.379 e. The van der Waals surface area contributed by atoms with Crippen LogP contribution >= 0.6 is 11.3 Å². The summed E-state index contributed by atoms with van der Waals surface area (Å²) >= 11 is 1.43. The summed E-state index contributed by atoms with van der Waals surface area (Å²) in [5, 5.41) is 1.78. The smallest absolute Gasteiger partial charge is 0.273 e. The van der Waals surface area contributed by atoms with Gasteiger partial charge in [0.05, 0.1) is 24.4 Å². The second-order valence-electron chi connectivity index (χ2n) is 4.97. The minimum atomic E-state index is -0.0223. The van der Waals surface area contributed by atoms with E-state index in [9.17, 15) is 4.79 Å². The van der Waals surface area contributed by atoms with E-state index in [-0.39, 0.29) is 11.8 Å². The van der Waals surface area contributed by atoms with Crippen LogP contribution in [0.25, 0.3) is 0 Å². The van der Waals surface area contributed by atoms with Gasteiger partial charge in [-0.1, -0.05) is 0 Å². The molecule has 1 saturated heterocycles. The van der Waals surface area contributed by atoms with Crippen molar-refractivity contribution in [2.45, 2.75) is 6.42 Å². The summed E-state index contributed by atoms with van der Waals surface area (Å²) < 4.78 is 5.62. The van der Waals surface area contributed by atoms with Gasteiger partial charge in [-0.2, -0.15) is 0 Å². The second kappa shape index (κ2) is 6.73. The summed E-state index contributed by atoms with van der Waals surface area (Å²) in [5.41, 5.74) is 3.12. The Balaban J connectivity index is 1.67. The molecule has 1 fully saturated rings. The summed E-state index contributed by atoms with van der Waals surface area (Å²) in [4.78, 5) is 26.7. The molecular weight excluding hydrogens is 288 g/mol. The Morgan fingerprint density at radius 3 is 3.14 bits per heavy atom. The van der Waals surface area contributed by atoms with E-state index in [1.807, 2.05) is 4.90 Å². The molecule has 0 unspecified atom stereocenters. The molecule has 0 spiro atoms. The van der Waals surface area contributed by atoms with Gasteiger partial charge in [0.1, 0.15) is 5.69 Å². The van der Waals surface area contributed by atoms with E-state index >= 15 is 0 Å². The third-order valence-electron chi connectivity index (χ3n) is 3.39. The van der Waals surface area contributed by atoms with Crippen LogP contribution in [0.5, 0.6) is 0 Å². The highest BCUT2D eigenvalue weighted by molar-refractivity contribution is 7.07. The highest BCUT2D eigenvalue weighted by Crippen LogP contribution is 2.15. The van der Waals surface area contributed by atoms with Crippen LogP contribution in [0.3, 0.4) is 0 Å². The fourth-order valence-corrected chi connectivity index (χ4v) is 2.93. The normalized spacial score (nSPS) is 19.2. The van der Waals surface area contributed by atoms with Crippen LogP contribution < -0.4 is 0 Å². The van der Waals surface area contributed by atoms with Gasteiger partial charge in [0.25, 0.3) is 5.91 Å². The van der Waals surface area contributed by atoms with E-state index < -0.39 is 0 Å². The molecule has 7 heteroatoms. The molecule has 3 heterocycles. The number of amides is 1. The molecule has 2 aromatic rings. The number of rotatable bonds is 3. The van der Waals surface area contributed by atoms with Crippen LogP contribution in [0.4, 0.5) is 0 Å². The SMILES string of the molecule is O=C(c1cscn1)N1CCOC[C@H](Cc2cnccn2)C1. The first kappa shape index (κ1) is 14.1. The predicted octanol–water partition coefficient (Wildman–Crippen LogP) is 1.26. The first-order valence-electron chi connectivity index (χ1n) is 6.83. The van der Waals surface area contributed by atoms with Crippen molar-refractivity contribution in [1.29, 1.82) is 0 Å². The van der Waals surface area contributed by atoms with E-state index in [2.05, 4.69) is 15.0 Å². The average molecular weight is 304 g/mol. The van der Waals surface area contributed by atoms with Crippen molar-refractivity contribution in [3.8, 4) is 0 Å². The Hall–Kier alpha value is -1.86. The molecule has 0 bridgehead atoms. The summed E-state index contributed by atoms with van der Waals surface area (Å²) in [6.07, 6.45) is 5.86. The summed E-state index contributed by atoms with van der Waals surface area (Å²) in [6.45, 7) is 2.46. The second-order valence-corrected chi connectivity index (χ2v) is 5.69. The topological polar surface area (TPSA) is 68.2 Å². The minimum absolute atomic E-state index is 0.0223. The van der Waals surface area contributed by atoms with Crippen molar-refractivity contribution in [3.63, 3.8) is 0 Å². The zero-order valence-electron chi connectivity index (χ0n) is 11.5. The molecule has 0 radical (unpaired) electrons. The monoisotopic (exact) mass is 304 g/mol. The van der Waals surface area contributed by atoms with Gasteiger partial charge in [0, 0.05) is 43.0 Å². The maximum atomic E-state index is 12.4. The molecule has 0 aliphatic carbocycles. The molecule has 6 nitrogen and oxygen atoms in total. The van der Waals surface area contributed by atoms with Gasteiger partial charge in [-0.15, -0.1) is 11.3 Å². The molecule has 1 aliphatic heterocycles. The first-order valence-corrected chi connectivity index (χ1v) is 7.77. The number of hydrogen-bond donors (Lipinski definition) is 0. The molecule has 1 amide bonds. The highest BCUT2D eigenvalue weighted by Gasteiger charge is 2.24. The van der Waals surface area contributed by atoms with Gasteiger partial charge in [-0.05, 0) is 6.42 Å². The van der Waals surface area contributed by atoms with Gasteiger partial charge in [-0.3, -0.25) is 14.8 Å². The van der Waals surface area contributed by atoms with Gasteiger partial charge < -0.3 is 9.64 Å². The summed E-state index contributed by atoms with van der Waals surface area (Å²) in [5.74, 6) is 0.206. The van der Waals surface area contributed by atoms with Gasteiger partial charge >= 0.3 is 0 Å². The molecule has 21 heavy (non-hydrogen) atoms. The average Bonchev–Trinajstić information content (AvgIpc) is 2.95. The van der Waals surface area contributed by atoms with Crippen molar-refractivity contribution in [1.82, 2.24) is 19.9 Å². The maximum Gasteiger partial charge on any atom is 0.273 e. The molecular formula is C14H16N4O2S. The Kier molecular flexibility index (Phi) is 4.52. The van der Waals surface area contributed by atoms with E-state index in [0.29, 0.717) is 32.0 Å². The van der Waals surface area contributed by atoms with Crippen LogP contribution in [0, 0.1) is 5.92 Å². The van der Waals surface area contributed by atoms with E-state index in [0.717, 1.165) is 12.1 Å². The zero-order chi connectivity index (χ0) is 14.5. The van der Waals surface area contributed by atoms with Crippen molar-refractivity contribution < 1.29 is 9.53 Å². The third-order valence-corrected chi connectivity index (χ3v) is 3.98. The Bertz CT molecular complexity index is 576. The molecule has 3 rings (SSSR count). The Morgan fingerprint density at radius 1 is 1.43 bits per heavy atom. The highest BCUT2D eigenvalue weighted by atomic mass is 32.1. The van der Waals surface area contributed by atoms with Gasteiger partial charge in [0.2, 0.25) is 0 Å². The molecule has 0 aromatic carbocycles. The zero-order valence-corrected chi connectivity index (χ0v) is 12.3. The molecule has 110 valence electrons. The third kappa shape index (κ3) is 3.62. The summed E-state index contributed by atoms with van der Waals surface area (Å²) in [7, 11) is 0. The standard InChI is InChI=1S/C14H16N4O2S/c19-14(13-9-21-10-17-13)18-3-4-20-8-11(7-18)5-12-6-15-1-2-16-12/h1-2,6,9-11H,3-5,7-8H2/t11-/m1/s1. The van der Waals surface area contributed by atoms with E-state index in [1.165, 1.54) is 11.3 Å². The van der Waals surface area contributed by atoms with E-state index in [4.69, 9.17) is 4.74 Å². The number of carbonyl (C=O) groups excluding carboxylic acids is 1. The fourth-order valence-electron chi connectivity index (χ4n) is 2.40. The summed E-state index contributed by atoms with van der Waals surface area (Å²) in [6, 6.07) is 0. The van der Waals surface area contributed by atoms with Crippen molar-refractivity contribution in [2.75, 3.05) is 26.3 Å². The number of nitrogens with zero attached hydrogens (tertiary/aromatic N) is 4. The van der Waals surface area contributed by atoms with Crippen LogP contribution in [-0.4, -0.2) is 52.1 Å². The van der Waals surface area contributed by atoms with Gasteiger partial charge in [0.15, 0.2) is 0 Å². The van der Waals surface area contributed by atoms with Crippen molar-refractivity contribution in [2.24, 2.45) is 5.92 Å². The van der Waals surface area contributed by atoms with Gasteiger partial charge in [-0.25, -0.2) is 4.98 Å². The lowest BCUT2D eigenvalue weighted by molar-refractivity contribution is 0.0732. The molecule has 1 aliphatic rings. The number of thiazole rings is 1. The van der Waals surface area contributed by atoms with Crippen molar-refractivity contribution in [3.05, 3.63) is 40.9 Å². The quantitative estimate of drug-likeness (QED) is 0.854. The maximum absolute atomic E-state index is 12.4. The Labute approximate surface area is 126 Å². The van der Waals surface area contributed by atoms with Crippen molar-refractivity contribution >= 4 is 17.2 Å². The lowest BCUT2D eigenvalue weighted by Gasteiger charge is -2.22. The predicted molar refractivity (Wildman–Crippen MR) is 78.1 cm³/mol. The molecule has 0 saturated carbocycles. The van der Waals surface area contributed by atoms with E-state index in [1.54, 1.807) is 29.5 Å². The lowest BCUT2D eigenvalue weighted by Crippen LogP contribution is -2.36. The number of ether oxygens (including phenoxy) is 1. The minimum Gasteiger partial charge on any atom is -0.379 e. The Morgan fingerprint density at radius 2 is 2.38 bits per heavy atom. The fraction of sp³-hybridized carbons (Fsp3) is 0.429. The molecule has 0 N–H and O–H groups in total. The first-order chi connectivity index (χ1) is 10.3. The molecule has 1 atom stereocenters.